The maximum atomic E-state index is 14.2. The molecule has 3 aromatic rings. The van der Waals surface area contributed by atoms with Gasteiger partial charge in [0.25, 0.3) is 10.1 Å². The van der Waals surface area contributed by atoms with Crippen LogP contribution in [-0.2, 0) is 39.5 Å². The van der Waals surface area contributed by atoms with E-state index < -0.39 is 41.7 Å². The Balaban J connectivity index is 1.60. The Labute approximate surface area is 215 Å². The normalized spacial score (nSPS) is 17.8. The largest absolute Gasteiger partial charge is 0.445 e. The number of carbonyl (C=O) groups is 2. The molecule has 0 aliphatic carbocycles. The molecule has 2 atom stereocenters. The van der Waals surface area contributed by atoms with Crippen molar-refractivity contribution in [1.82, 2.24) is 4.90 Å². The van der Waals surface area contributed by atoms with Crippen molar-refractivity contribution in [3.05, 3.63) is 96.6 Å². The number of rotatable bonds is 8. The van der Waals surface area contributed by atoms with Crippen LogP contribution < -0.4 is 10.6 Å². The van der Waals surface area contributed by atoms with Crippen molar-refractivity contribution in [2.75, 3.05) is 12.8 Å². The van der Waals surface area contributed by atoms with Crippen molar-refractivity contribution in [1.29, 1.82) is 0 Å². The lowest BCUT2D eigenvalue weighted by Crippen LogP contribution is -2.42. The molecule has 194 valence electrons. The van der Waals surface area contributed by atoms with Gasteiger partial charge in [0.05, 0.1) is 29.5 Å². The molecule has 37 heavy (non-hydrogen) atoms. The fourth-order valence-corrected chi connectivity index (χ4v) is 6.68. The van der Waals surface area contributed by atoms with Crippen LogP contribution in [0.4, 0.5) is 4.79 Å². The second-order valence-corrected chi connectivity index (χ2v) is 12.4. The third kappa shape index (κ3) is 6.65. The monoisotopic (exact) mass is 543 g/mol. The molecule has 11 heteroatoms. The molecule has 1 fully saturated rings. The topological polar surface area (TPSA) is 116 Å². The molecule has 3 aromatic carbocycles. The Kier molecular flexibility index (Phi) is 8.12. The van der Waals surface area contributed by atoms with Crippen LogP contribution in [0.1, 0.15) is 12.0 Å². The van der Waals surface area contributed by atoms with E-state index in [-0.39, 0.29) is 19.6 Å². The second kappa shape index (κ2) is 11.3. The number of benzene rings is 3. The van der Waals surface area contributed by atoms with Crippen LogP contribution >= 0.6 is 7.37 Å². The van der Waals surface area contributed by atoms with Crippen molar-refractivity contribution < 1.29 is 36.0 Å². The van der Waals surface area contributed by atoms with Gasteiger partial charge in [-0.15, -0.1) is 0 Å². The molecular weight excluding hydrogens is 517 g/mol. The van der Waals surface area contributed by atoms with E-state index in [2.05, 4.69) is 0 Å². The number of hydrogen-bond donors (Lipinski definition) is 0. The fraction of sp³-hybridized carbons (Fsp3) is 0.231. The minimum absolute atomic E-state index is 0.0535. The molecule has 4 rings (SSSR count). The number of ether oxygens (including phenoxy) is 1. The predicted molar refractivity (Wildman–Crippen MR) is 137 cm³/mol. The minimum Gasteiger partial charge on any atom is -0.445 e. The summed E-state index contributed by atoms with van der Waals surface area (Å²) in [5.41, 5.74) is 0.732. The summed E-state index contributed by atoms with van der Waals surface area (Å²) in [4.78, 5) is 27.5. The summed E-state index contributed by atoms with van der Waals surface area (Å²) in [6.45, 7) is -0.274. The van der Waals surface area contributed by atoms with Gasteiger partial charge in [-0.1, -0.05) is 66.7 Å². The molecule has 1 aliphatic heterocycles. The summed E-state index contributed by atoms with van der Waals surface area (Å²) in [7, 11) is -7.77. The molecule has 1 amide bonds. The van der Waals surface area contributed by atoms with E-state index in [4.69, 9.17) is 13.4 Å². The first-order chi connectivity index (χ1) is 17.7. The van der Waals surface area contributed by atoms with E-state index in [1.54, 1.807) is 84.9 Å². The zero-order valence-electron chi connectivity index (χ0n) is 20.0. The molecule has 2 unspecified atom stereocenters. The third-order valence-corrected chi connectivity index (χ3v) is 8.71. The lowest BCUT2D eigenvalue weighted by Gasteiger charge is -2.25. The van der Waals surface area contributed by atoms with Crippen LogP contribution in [0.2, 0.25) is 0 Å². The Morgan fingerprint density at radius 2 is 1.41 bits per heavy atom. The van der Waals surface area contributed by atoms with Gasteiger partial charge in [0, 0.05) is 6.42 Å². The molecule has 1 saturated heterocycles. The smallest absolute Gasteiger partial charge is 0.410 e. The van der Waals surface area contributed by atoms with Crippen LogP contribution in [0.25, 0.3) is 0 Å². The first-order valence-electron chi connectivity index (χ1n) is 11.5. The number of hydrogen-bond acceptors (Lipinski definition) is 8. The van der Waals surface area contributed by atoms with Crippen molar-refractivity contribution in [2.24, 2.45) is 0 Å². The summed E-state index contributed by atoms with van der Waals surface area (Å²) in [5, 5.41) is 0.601. The zero-order chi connectivity index (χ0) is 26.5. The minimum atomic E-state index is -3.90. The van der Waals surface area contributed by atoms with E-state index in [0.29, 0.717) is 10.6 Å². The molecule has 0 aromatic heterocycles. The molecule has 1 heterocycles. The van der Waals surface area contributed by atoms with E-state index >= 15 is 0 Å². The maximum absolute atomic E-state index is 14.2. The van der Waals surface area contributed by atoms with Gasteiger partial charge in [0.2, 0.25) is 0 Å². The molecule has 0 radical (unpaired) electrons. The van der Waals surface area contributed by atoms with Crippen molar-refractivity contribution in [3.8, 4) is 0 Å². The molecule has 9 nitrogen and oxygen atoms in total. The Hall–Kier alpha value is -3.46. The SMILES string of the molecule is CS(=O)(=O)OC1CC(C(=O)OP(=O)(c2ccccc2)c2ccccc2)N(C(=O)OCc2ccccc2)C1. The quantitative estimate of drug-likeness (QED) is 0.314. The van der Waals surface area contributed by atoms with Crippen LogP contribution in [0, 0.1) is 0 Å². The second-order valence-electron chi connectivity index (χ2n) is 8.50. The Morgan fingerprint density at radius 1 is 0.892 bits per heavy atom. The predicted octanol–water partition coefficient (Wildman–Crippen LogP) is 3.21. The van der Waals surface area contributed by atoms with Gasteiger partial charge in [-0.3, -0.25) is 13.6 Å². The summed E-state index contributed by atoms with van der Waals surface area (Å²) in [5.74, 6) is -0.952. The van der Waals surface area contributed by atoms with Crippen LogP contribution in [0.5, 0.6) is 0 Å². The third-order valence-electron chi connectivity index (χ3n) is 5.70. The summed E-state index contributed by atoms with van der Waals surface area (Å²) in [6.07, 6.45) is -1.13. The summed E-state index contributed by atoms with van der Waals surface area (Å²) in [6, 6.07) is 24.3. The highest BCUT2D eigenvalue weighted by Crippen LogP contribution is 2.45. The van der Waals surface area contributed by atoms with Gasteiger partial charge in [-0.05, 0) is 29.8 Å². The van der Waals surface area contributed by atoms with Crippen LogP contribution in [-0.4, -0.2) is 50.3 Å². The van der Waals surface area contributed by atoms with E-state index in [9.17, 15) is 22.6 Å². The highest BCUT2D eigenvalue weighted by molar-refractivity contribution is 7.86. The van der Waals surface area contributed by atoms with Crippen LogP contribution in [0.15, 0.2) is 91.0 Å². The zero-order valence-corrected chi connectivity index (χ0v) is 21.7. The summed E-state index contributed by atoms with van der Waals surface area (Å²) >= 11 is 0. The number of carbonyl (C=O) groups excluding carboxylic acids is 2. The lowest BCUT2D eigenvalue weighted by molar-refractivity contribution is -0.138. The Bertz CT molecular complexity index is 1340. The van der Waals surface area contributed by atoms with Gasteiger partial charge in [-0.2, -0.15) is 8.42 Å². The molecule has 0 bridgehead atoms. The molecule has 1 aliphatic rings. The van der Waals surface area contributed by atoms with Gasteiger partial charge in [0.15, 0.2) is 0 Å². The average molecular weight is 544 g/mol. The maximum Gasteiger partial charge on any atom is 0.410 e. The number of nitrogens with zero attached hydrogens (tertiary/aromatic N) is 1. The van der Waals surface area contributed by atoms with Crippen LogP contribution in [0.3, 0.4) is 0 Å². The highest BCUT2D eigenvalue weighted by atomic mass is 32.2. The molecule has 0 spiro atoms. The number of likely N-dealkylation sites (tertiary alicyclic amines) is 1. The first-order valence-corrected chi connectivity index (χ1v) is 14.9. The van der Waals surface area contributed by atoms with E-state index in [0.717, 1.165) is 16.7 Å². The van der Waals surface area contributed by atoms with Gasteiger partial charge < -0.3 is 9.26 Å². The van der Waals surface area contributed by atoms with Gasteiger partial charge >= 0.3 is 19.4 Å². The number of amides is 1. The van der Waals surface area contributed by atoms with Crippen molar-refractivity contribution >= 4 is 40.2 Å². The van der Waals surface area contributed by atoms with E-state index in [1.165, 1.54) is 0 Å². The highest BCUT2D eigenvalue weighted by Gasteiger charge is 2.46. The fourth-order valence-electron chi connectivity index (χ4n) is 4.03. The summed E-state index contributed by atoms with van der Waals surface area (Å²) < 4.78 is 53.8. The standard InChI is InChI=1S/C26H26NO8PS/c1-37(31,32)35-21-17-24(27(18-21)26(29)33-19-20-11-5-2-6-12-20)25(28)34-36(30,22-13-7-3-8-14-22)23-15-9-4-10-16-23/h2-16,21,24H,17-19H2,1H3. The lowest BCUT2D eigenvalue weighted by atomic mass is 10.2. The molecule has 0 saturated carbocycles. The van der Waals surface area contributed by atoms with Crippen molar-refractivity contribution in [3.63, 3.8) is 0 Å². The molecule has 0 N–H and O–H groups in total. The van der Waals surface area contributed by atoms with Gasteiger partial charge in [-0.25, -0.2) is 9.59 Å². The average Bonchev–Trinajstić information content (AvgIpc) is 3.31. The van der Waals surface area contributed by atoms with E-state index in [1.807, 2.05) is 6.07 Å². The molecular formula is C26H26NO8PS. The first kappa shape index (κ1) is 26.6. The van der Waals surface area contributed by atoms with Crippen molar-refractivity contribution in [2.45, 2.75) is 25.2 Å². The Morgan fingerprint density at radius 3 is 1.92 bits per heavy atom. The van der Waals surface area contributed by atoms with Gasteiger partial charge in [0.1, 0.15) is 12.6 Å².